The fraction of sp³-hybridized carbons (Fsp3) is 0.0714. The first-order valence-corrected chi connectivity index (χ1v) is 6.52. The summed E-state index contributed by atoms with van der Waals surface area (Å²) in [6, 6.07) is 9.92. The van der Waals surface area contributed by atoms with E-state index in [2.05, 4.69) is 21.2 Å². The van der Waals surface area contributed by atoms with E-state index in [4.69, 9.17) is 0 Å². The molecule has 0 saturated carbocycles. The molecule has 0 aliphatic heterocycles. The summed E-state index contributed by atoms with van der Waals surface area (Å²) in [6.45, 7) is 0. The van der Waals surface area contributed by atoms with Crippen LogP contribution in [-0.4, -0.2) is 13.1 Å². The first-order chi connectivity index (χ1) is 9.49. The van der Waals surface area contributed by atoms with E-state index < -0.39 is 17.7 Å². The molecule has 2 rings (SSSR count). The highest BCUT2D eigenvalue weighted by molar-refractivity contribution is 9.10. The Hall–Kier alpha value is -1.95. The van der Waals surface area contributed by atoms with Gasteiger partial charge in [0.15, 0.2) is 11.6 Å². The van der Waals surface area contributed by atoms with Gasteiger partial charge in [-0.3, -0.25) is 4.90 Å². The highest BCUT2D eigenvalue weighted by Gasteiger charge is 2.14. The molecule has 0 spiro atoms. The van der Waals surface area contributed by atoms with Gasteiger partial charge < -0.3 is 5.32 Å². The molecule has 2 amide bonds. The van der Waals surface area contributed by atoms with Gasteiger partial charge in [-0.1, -0.05) is 12.1 Å². The zero-order valence-corrected chi connectivity index (χ0v) is 12.1. The predicted octanol–water partition coefficient (Wildman–Crippen LogP) is 4.40. The third-order valence-corrected chi connectivity index (χ3v) is 3.36. The SMILES string of the molecule is CN(C(=O)Nc1ccc(F)c(F)c1)c1ccccc1Br. The summed E-state index contributed by atoms with van der Waals surface area (Å²) < 4.78 is 26.6. The summed E-state index contributed by atoms with van der Waals surface area (Å²) in [4.78, 5) is 13.4. The van der Waals surface area contributed by atoms with E-state index in [1.165, 1.54) is 11.0 Å². The van der Waals surface area contributed by atoms with Crippen molar-refractivity contribution < 1.29 is 13.6 Å². The van der Waals surface area contributed by atoms with E-state index in [1.807, 2.05) is 6.07 Å². The van der Waals surface area contributed by atoms with Crippen LogP contribution >= 0.6 is 15.9 Å². The molecule has 0 fully saturated rings. The van der Waals surface area contributed by atoms with Crippen LogP contribution in [0.2, 0.25) is 0 Å². The number of benzene rings is 2. The molecule has 0 atom stereocenters. The van der Waals surface area contributed by atoms with Crippen molar-refractivity contribution in [1.82, 2.24) is 0 Å². The third kappa shape index (κ3) is 3.14. The van der Waals surface area contributed by atoms with Crippen molar-refractivity contribution in [3.05, 3.63) is 58.6 Å². The second-order valence-corrected chi connectivity index (χ2v) is 4.92. The Morgan fingerprint density at radius 3 is 2.50 bits per heavy atom. The van der Waals surface area contributed by atoms with Crippen LogP contribution in [-0.2, 0) is 0 Å². The minimum atomic E-state index is -1.01. The van der Waals surface area contributed by atoms with E-state index in [1.54, 1.807) is 25.2 Å². The van der Waals surface area contributed by atoms with Gasteiger partial charge in [0.25, 0.3) is 0 Å². The molecule has 2 aromatic carbocycles. The second kappa shape index (κ2) is 6.00. The highest BCUT2D eigenvalue weighted by atomic mass is 79.9. The minimum Gasteiger partial charge on any atom is -0.307 e. The number of rotatable bonds is 2. The van der Waals surface area contributed by atoms with Gasteiger partial charge in [0.1, 0.15) is 0 Å². The molecule has 0 aliphatic rings. The van der Waals surface area contributed by atoms with Crippen LogP contribution in [0.25, 0.3) is 0 Å². The number of amides is 2. The number of para-hydroxylation sites is 1. The molecule has 104 valence electrons. The number of carbonyl (C=O) groups excluding carboxylic acids is 1. The summed E-state index contributed by atoms with van der Waals surface area (Å²) in [5.41, 5.74) is 0.848. The molecule has 0 aliphatic carbocycles. The van der Waals surface area contributed by atoms with Crippen LogP contribution in [0.5, 0.6) is 0 Å². The van der Waals surface area contributed by atoms with E-state index in [0.717, 1.165) is 16.6 Å². The smallest absolute Gasteiger partial charge is 0.307 e. The molecule has 0 radical (unpaired) electrons. The van der Waals surface area contributed by atoms with Gasteiger partial charge in [-0.25, -0.2) is 13.6 Å². The summed E-state index contributed by atoms with van der Waals surface area (Å²) in [7, 11) is 1.58. The lowest BCUT2D eigenvalue weighted by atomic mass is 10.3. The minimum absolute atomic E-state index is 0.188. The molecule has 20 heavy (non-hydrogen) atoms. The maximum absolute atomic E-state index is 13.1. The Kier molecular flexibility index (Phi) is 4.34. The number of nitrogens with zero attached hydrogens (tertiary/aromatic N) is 1. The summed E-state index contributed by atoms with van der Waals surface area (Å²) in [6.07, 6.45) is 0. The molecule has 6 heteroatoms. The van der Waals surface area contributed by atoms with Crippen molar-refractivity contribution in [1.29, 1.82) is 0 Å². The maximum Gasteiger partial charge on any atom is 0.326 e. The number of halogens is 3. The van der Waals surface area contributed by atoms with Gasteiger partial charge in [-0.05, 0) is 40.2 Å². The summed E-state index contributed by atoms with van der Waals surface area (Å²) >= 11 is 3.34. The maximum atomic E-state index is 13.1. The zero-order chi connectivity index (χ0) is 14.7. The lowest BCUT2D eigenvalue weighted by Crippen LogP contribution is -2.31. The number of anilines is 2. The lowest BCUT2D eigenvalue weighted by Gasteiger charge is -2.19. The van der Waals surface area contributed by atoms with Crippen molar-refractivity contribution in [2.75, 3.05) is 17.3 Å². The van der Waals surface area contributed by atoms with Crippen LogP contribution in [0, 0.1) is 11.6 Å². The number of hydrogen-bond acceptors (Lipinski definition) is 1. The Labute approximate surface area is 123 Å². The van der Waals surface area contributed by atoms with Crippen LogP contribution in [0.15, 0.2) is 46.9 Å². The van der Waals surface area contributed by atoms with Crippen LogP contribution in [0.4, 0.5) is 25.0 Å². The normalized spacial score (nSPS) is 10.2. The van der Waals surface area contributed by atoms with Crippen LogP contribution in [0.1, 0.15) is 0 Å². The quantitative estimate of drug-likeness (QED) is 0.863. The molecule has 1 N–H and O–H groups in total. The summed E-state index contributed by atoms with van der Waals surface area (Å²) in [5, 5.41) is 2.49. The number of carbonyl (C=O) groups is 1. The van der Waals surface area contributed by atoms with Crippen molar-refractivity contribution in [3.63, 3.8) is 0 Å². The fourth-order valence-electron chi connectivity index (χ4n) is 1.61. The standard InChI is InChI=1S/C14H11BrF2N2O/c1-19(13-5-3-2-4-10(13)15)14(20)18-9-6-7-11(16)12(17)8-9/h2-8H,1H3,(H,18,20). The lowest BCUT2D eigenvalue weighted by molar-refractivity contribution is 0.258. The van der Waals surface area contributed by atoms with Crippen molar-refractivity contribution in [2.24, 2.45) is 0 Å². The first-order valence-electron chi connectivity index (χ1n) is 5.73. The molecular weight excluding hydrogens is 330 g/mol. The van der Waals surface area contributed by atoms with Crippen molar-refractivity contribution >= 4 is 33.3 Å². The van der Waals surface area contributed by atoms with Crippen LogP contribution in [0.3, 0.4) is 0 Å². The highest BCUT2D eigenvalue weighted by Crippen LogP contribution is 2.25. The van der Waals surface area contributed by atoms with Crippen molar-refractivity contribution in [3.8, 4) is 0 Å². The molecule has 0 heterocycles. The molecule has 0 saturated heterocycles. The van der Waals surface area contributed by atoms with Gasteiger partial charge in [-0.2, -0.15) is 0 Å². The molecule has 0 bridgehead atoms. The Balaban J connectivity index is 2.15. The Morgan fingerprint density at radius 1 is 1.15 bits per heavy atom. The predicted molar refractivity (Wildman–Crippen MR) is 77.9 cm³/mol. The summed E-state index contributed by atoms with van der Waals surface area (Å²) in [5.74, 6) is -1.96. The average Bonchev–Trinajstić information content (AvgIpc) is 2.42. The topological polar surface area (TPSA) is 32.3 Å². The van der Waals surface area contributed by atoms with Gasteiger partial charge in [0.05, 0.1) is 5.69 Å². The Morgan fingerprint density at radius 2 is 1.85 bits per heavy atom. The van der Waals surface area contributed by atoms with Gasteiger partial charge in [-0.15, -0.1) is 0 Å². The monoisotopic (exact) mass is 340 g/mol. The van der Waals surface area contributed by atoms with E-state index in [9.17, 15) is 13.6 Å². The largest absolute Gasteiger partial charge is 0.326 e. The second-order valence-electron chi connectivity index (χ2n) is 4.07. The Bertz CT molecular complexity index is 649. The molecule has 0 aromatic heterocycles. The van der Waals surface area contributed by atoms with E-state index >= 15 is 0 Å². The van der Waals surface area contributed by atoms with Crippen LogP contribution < -0.4 is 10.2 Å². The van der Waals surface area contributed by atoms with Crippen molar-refractivity contribution in [2.45, 2.75) is 0 Å². The average molecular weight is 341 g/mol. The molecule has 2 aromatic rings. The zero-order valence-electron chi connectivity index (χ0n) is 10.5. The third-order valence-electron chi connectivity index (χ3n) is 2.69. The van der Waals surface area contributed by atoms with Gasteiger partial charge in [0, 0.05) is 23.3 Å². The number of nitrogens with one attached hydrogen (secondary N) is 1. The first kappa shape index (κ1) is 14.5. The fourth-order valence-corrected chi connectivity index (χ4v) is 2.17. The number of urea groups is 1. The molecule has 3 nitrogen and oxygen atoms in total. The van der Waals surface area contributed by atoms with E-state index in [-0.39, 0.29) is 5.69 Å². The van der Waals surface area contributed by atoms with E-state index in [0.29, 0.717) is 5.69 Å². The van der Waals surface area contributed by atoms with Gasteiger partial charge >= 0.3 is 6.03 Å². The molecular formula is C14H11BrF2N2O. The molecule has 0 unspecified atom stereocenters. The van der Waals surface area contributed by atoms with Gasteiger partial charge in [0.2, 0.25) is 0 Å². The number of hydrogen-bond donors (Lipinski definition) is 1.